The Bertz CT molecular complexity index is 1110. The minimum Gasteiger partial charge on any atom is -0.496 e. The molecule has 0 unspecified atom stereocenters. The summed E-state index contributed by atoms with van der Waals surface area (Å²) in [5.74, 6) is 0.776. The highest BCUT2D eigenvalue weighted by Crippen LogP contribution is 2.36. The highest BCUT2D eigenvalue weighted by molar-refractivity contribution is 6.01. The van der Waals surface area contributed by atoms with Crippen molar-refractivity contribution in [2.24, 2.45) is 0 Å². The lowest BCUT2D eigenvalue weighted by Crippen LogP contribution is -2.56. The minimum atomic E-state index is -1.36. The Morgan fingerprint density at radius 3 is 2.24 bits per heavy atom. The van der Waals surface area contributed by atoms with Gasteiger partial charge in [0.15, 0.2) is 11.5 Å². The van der Waals surface area contributed by atoms with Crippen LogP contribution in [0.4, 0.5) is 0 Å². The number of nitriles is 1. The molecule has 3 rings (SSSR count). The molecule has 0 atom stereocenters. The number of benzene rings is 2. The first-order valence-corrected chi connectivity index (χ1v) is 10.3. The average molecular weight is 453 g/mol. The van der Waals surface area contributed by atoms with Gasteiger partial charge in [0.1, 0.15) is 30.3 Å². The Morgan fingerprint density at radius 1 is 1.06 bits per heavy atom. The van der Waals surface area contributed by atoms with E-state index in [1.807, 2.05) is 0 Å². The normalized spacial score (nSPS) is 12.4. The Labute approximate surface area is 192 Å². The third kappa shape index (κ3) is 4.51. The van der Waals surface area contributed by atoms with Crippen LogP contribution in [0, 0.1) is 25.2 Å². The van der Waals surface area contributed by atoms with Crippen molar-refractivity contribution in [3.05, 3.63) is 46.5 Å². The van der Waals surface area contributed by atoms with E-state index in [1.54, 1.807) is 38.1 Å². The zero-order valence-corrected chi connectivity index (χ0v) is 19.6. The third-order valence-corrected chi connectivity index (χ3v) is 5.45. The number of carbonyl (C=O) groups is 2. The summed E-state index contributed by atoms with van der Waals surface area (Å²) < 4.78 is 21.9. The maximum atomic E-state index is 13.5. The largest absolute Gasteiger partial charge is 0.496 e. The molecule has 33 heavy (non-hydrogen) atoms. The van der Waals surface area contributed by atoms with Crippen LogP contribution >= 0.6 is 0 Å². The molecule has 0 saturated carbocycles. The third-order valence-electron chi connectivity index (χ3n) is 5.45. The van der Waals surface area contributed by atoms with Crippen molar-refractivity contribution in [1.82, 2.24) is 10.4 Å². The van der Waals surface area contributed by atoms with E-state index < -0.39 is 17.4 Å². The first-order valence-electron chi connectivity index (χ1n) is 10.3. The molecule has 0 spiro atoms. The molecule has 9 nitrogen and oxygen atoms in total. The summed E-state index contributed by atoms with van der Waals surface area (Å²) in [5.41, 5.74) is 3.01. The second-order valence-electron chi connectivity index (χ2n) is 8.02. The lowest BCUT2D eigenvalue weighted by atomic mass is 10.0. The van der Waals surface area contributed by atoms with Crippen molar-refractivity contribution >= 4 is 11.8 Å². The van der Waals surface area contributed by atoms with E-state index >= 15 is 0 Å². The van der Waals surface area contributed by atoms with Gasteiger partial charge in [0.2, 0.25) is 0 Å². The second kappa shape index (κ2) is 9.28. The zero-order chi connectivity index (χ0) is 24.3. The first-order chi connectivity index (χ1) is 15.6. The molecule has 1 N–H and O–H groups in total. The monoisotopic (exact) mass is 453 g/mol. The van der Waals surface area contributed by atoms with Crippen LogP contribution in [-0.2, 0) is 0 Å². The molecule has 0 aromatic heterocycles. The predicted octanol–water partition coefficient (Wildman–Crippen LogP) is 3.18. The number of rotatable bonds is 5. The van der Waals surface area contributed by atoms with Gasteiger partial charge in [-0.25, -0.2) is 5.01 Å². The number of nitrogens with zero attached hydrogens (tertiary/aromatic N) is 2. The number of hydrazine groups is 1. The molecule has 0 aliphatic carbocycles. The van der Waals surface area contributed by atoms with Gasteiger partial charge in [-0.05, 0) is 52.0 Å². The average Bonchev–Trinajstić information content (AvgIpc) is 2.82. The van der Waals surface area contributed by atoms with Crippen LogP contribution in [0.15, 0.2) is 24.3 Å². The number of hydrogen-bond acceptors (Lipinski definition) is 7. The van der Waals surface area contributed by atoms with Crippen LogP contribution < -0.4 is 24.4 Å². The molecule has 2 amide bonds. The summed E-state index contributed by atoms with van der Waals surface area (Å²) in [5, 5.41) is 10.7. The molecule has 1 aliphatic rings. The fourth-order valence-corrected chi connectivity index (χ4v) is 3.49. The lowest BCUT2D eigenvalue weighted by Gasteiger charge is -2.34. The molecule has 0 saturated heterocycles. The Balaban J connectivity index is 1.99. The van der Waals surface area contributed by atoms with Gasteiger partial charge in [-0.2, -0.15) is 5.26 Å². The molecular formula is C24H27N3O6. The molecule has 2 aromatic rings. The lowest BCUT2D eigenvalue weighted by molar-refractivity contribution is 0.0423. The maximum absolute atomic E-state index is 13.5. The van der Waals surface area contributed by atoms with Crippen LogP contribution in [0.1, 0.15) is 45.7 Å². The van der Waals surface area contributed by atoms with Gasteiger partial charge in [-0.15, -0.1) is 0 Å². The van der Waals surface area contributed by atoms with Gasteiger partial charge in [0.25, 0.3) is 11.8 Å². The van der Waals surface area contributed by atoms with Crippen LogP contribution in [0.5, 0.6) is 23.0 Å². The van der Waals surface area contributed by atoms with Crippen molar-refractivity contribution in [1.29, 1.82) is 5.26 Å². The van der Waals surface area contributed by atoms with Crippen LogP contribution in [-0.4, -0.2) is 49.8 Å². The topological polar surface area (TPSA) is 110 Å². The van der Waals surface area contributed by atoms with Gasteiger partial charge in [0, 0.05) is 22.3 Å². The molecule has 0 bridgehead atoms. The number of ether oxygens (including phenoxy) is 4. The standard InChI is InChI=1S/C24H27N3O6/c1-14-17(7-8-18-21(14)33-10-9-32-18)23(29)27(24(3,4)13-25)26-22(28)16-11-19(30-5)15(2)20(12-16)31-6/h7-8,11-12H,9-10H2,1-6H3,(H,26,28). The van der Waals surface area contributed by atoms with E-state index in [9.17, 15) is 14.9 Å². The summed E-state index contributed by atoms with van der Waals surface area (Å²) in [6.45, 7) is 7.40. The molecule has 9 heteroatoms. The number of carbonyl (C=O) groups excluding carboxylic acids is 2. The quantitative estimate of drug-likeness (QED) is 0.693. The van der Waals surface area contributed by atoms with Crippen molar-refractivity contribution in [3.63, 3.8) is 0 Å². The molecule has 174 valence electrons. The van der Waals surface area contributed by atoms with E-state index in [1.165, 1.54) is 28.1 Å². The fourth-order valence-electron chi connectivity index (χ4n) is 3.49. The SMILES string of the molecule is COc1cc(C(=O)NN(C(=O)c2ccc3c(c2C)OCCO3)C(C)(C)C#N)cc(OC)c1C. The highest BCUT2D eigenvalue weighted by Gasteiger charge is 2.35. The number of nitrogens with one attached hydrogen (secondary N) is 1. The smallest absolute Gasteiger partial charge is 0.274 e. The number of methoxy groups -OCH3 is 2. The number of hydrogen-bond donors (Lipinski definition) is 1. The number of fused-ring (bicyclic) bond motifs is 1. The Kier molecular flexibility index (Phi) is 6.68. The maximum Gasteiger partial charge on any atom is 0.274 e. The van der Waals surface area contributed by atoms with Crippen molar-refractivity contribution < 1.29 is 28.5 Å². The first kappa shape index (κ1) is 23.7. The van der Waals surface area contributed by atoms with E-state index in [4.69, 9.17) is 18.9 Å². The molecule has 1 heterocycles. The Morgan fingerprint density at radius 2 is 1.67 bits per heavy atom. The van der Waals surface area contributed by atoms with Crippen LogP contribution in [0.3, 0.4) is 0 Å². The van der Waals surface area contributed by atoms with Gasteiger partial charge in [-0.1, -0.05) is 0 Å². The summed E-state index contributed by atoms with van der Waals surface area (Å²) in [4.78, 5) is 26.7. The van der Waals surface area contributed by atoms with Crippen molar-refractivity contribution in [2.45, 2.75) is 33.2 Å². The molecular weight excluding hydrogens is 426 g/mol. The van der Waals surface area contributed by atoms with Crippen LogP contribution in [0.25, 0.3) is 0 Å². The van der Waals surface area contributed by atoms with Crippen molar-refractivity contribution in [2.75, 3.05) is 27.4 Å². The van der Waals surface area contributed by atoms with Crippen molar-refractivity contribution in [3.8, 4) is 29.1 Å². The predicted molar refractivity (Wildman–Crippen MR) is 120 cm³/mol. The van der Waals surface area contributed by atoms with E-state index in [-0.39, 0.29) is 11.1 Å². The van der Waals surface area contributed by atoms with E-state index in [0.29, 0.717) is 41.8 Å². The van der Waals surface area contributed by atoms with Gasteiger partial charge >= 0.3 is 0 Å². The molecule has 0 radical (unpaired) electrons. The second-order valence-corrected chi connectivity index (χ2v) is 8.02. The van der Waals surface area contributed by atoms with Gasteiger partial charge in [-0.3, -0.25) is 15.0 Å². The fraction of sp³-hybridized carbons (Fsp3) is 0.375. The summed E-state index contributed by atoms with van der Waals surface area (Å²) in [6.07, 6.45) is 0. The summed E-state index contributed by atoms with van der Waals surface area (Å²) in [6, 6.07) is 8.40. The summed E-state index contributed by atoms with van der Waals surface area (Å²) >= 11 is 0. The molecule has 0 fully saturated rings. The minimum absolute atomic E-state index is 0.208. The van der Waals surface area contributed by atoms with E-state index in [0.717, 1.165) is 10.6 Å². The molecule has 1 aliphatic heterocycles. The number of amides is 2. The van der Waals surface area contributed by atoms with Crippen LogP contribution in [0.2, 0.25) is 0 Å². The Hall–Kier alpha value is -3.93. The van der Waals surface area contributed by atoms with E-state index in [2.05, 4.69) is 11.5 Å². The van der Waals surface area contributed by atoms with Gasteiger partial charge in [0.05, 0.1) is 20.3 Å². The zero-order valence-electron chi connectivity index (χ0n) is 19.6. The molecule has 2 aromatic carbocycles. The van der Waals surface area contributed by atoms with Gasteiger partial charge < -0.3 is 18.9 Å². The highest BCUT2D eigenvalue weighted by atomic mass is 16.6. The summed E-state index contributed by atoms with van der Waals surface area (Å²) in [7, 11) is 2.98.